The van der Waals surface area contributed by atoms with Crippen molar-refractivity contribution < 1.29 is 9.53 Å². The van der Waals surface area contributed by atoms with Crippen molar-refractivity contribution in [1.82, 2.24) is 4.90 Å². The highest BCUT2D eigenvalue weighted by Crippen LogP contribution is 2.24. The van der Waals surface area contributed by atoms with E-state index in [0.29, 0.717) is 12.5 Å². The van der Waals surface area contributed by atoms with Gasteiger partial charge in [0.2, 0.25) is 0 Å². The van der Waals surface area contributed by atoms with Crippen molar-refractivity contribution >= 4 is 6.09 Å². The maximum absolute atomic E-state index is 11.8. The van der Waals surface area contributed by atoms with Crippen LogP contribution in [0, 0.1) is 5.92 Å². The summed E-state index contributed by atoms with van der Waals surface area (Å²) in [5, 5.41) is 0. The minimum absolute atomic E-state index is 0.148. The number of carbonyl (C=O) groups is 1. The number of ether oxygens (including phenoxy) is 1. The Hall–Kier alpha value is -0.770. The van der Waals surface area contributed by atoms with E-state index in [1.165, 1.54) is 0 Å². The average molecular weight is 214 g/mol. The summed E-state index contributed by atoms with van der Waals surface area (Å²) in [5.41, 5.74) is 5.21. The largest absolute Gasteiger partial charge is 0.444 e. The molecule has 0 aromatic carbocycles. The first-order valence-electron chi connectivity index (χ1n) is 5.53. The van der Waals surface area contributed by atoms with Gasteiger partial charge in [0.15, 0.2) is 0 Å². The van der Waals surface area contributed by atoms with E-state index in [-0.39, 0.29) is 12.1 Å². The highest BCUT2D eigenvalue weighted by molar-refractivity contribution is 5.69. The topological polar surface area (TPSA) is 55.6 Å². The zero-order valence-electron chi connectivity index (χ0n) is 10.1. The molecule has 1 rings (SSSR count). The van der Waals surface area contributed by atoms with Crippen LogP contribution in [0.15, 0.2) is 0 Å². The lowest BCUT2D eigenvalue weighted by Crippen LogP contribution is -2.42. The van der Waals surface area contributed by atoms with Crippen LogP contribution in [0.3, 0.4) is 0 Å². The van der Waals surface area contributed by atoms with Gasteiger partial charge in [0.05, 0.1) is 0 Å². The number of carbonyl (C=O) groups excluding carboxylic acids is 1. The van der Waals surface area contributed by atoms with Gasteiger partial charge in [-0.25, -0.2) is 4.79 Å². The predicted octanol–water partition coefficient (Wildman–Crippen LogP) is 1.59. The number of nitrogens with zero attached hydrogens (tertiary/aromatic N) is 1. The summed E-state index contributed by atoms with van der Waals surface area (Å²) in [6.45, 7) is 9.04. The maximum Gasteiger partial charge on any atom is 0.410 e. The van der Waals surface area contributed by atoms with Crippen LogP contribution in [0.25, 0.3) is 0 Å². The van der Waals surface area contributed by atoms with Crippen LogP contribution < -0.4 is 5.73 Å². The molecule has 1 heterocycles. The van der Waals surface area contributed by atoms with Crippen LogP contribution in [0.4, 0.5) is 4.79 Å². The molecule has 0 spiro atoms. The summed E-state index contributed by atoms with van der Waals surface area (Å²) in [6, 6.07) is 0.148. The highest BCUT2D eigenvalue weighted by Gasteiger charge is 2.34. The third-order valence-electron chi connectivity index (χ3n) is 2.52. The second kappa shape index (κ2) is 4.39. The van der Waals surface area contributed by atoms with Gasteiger partial charge in [0, 0.05) is 19.1 Å². The summed E-state index contributed by atoms with van der Waals surface area (Å²) >= 11 is 0. The highest BCUT2D eigenvalue weighted by atomic mass is 16.6. The van der Waals surface area contributed by atoms with E-state index in [0.717, 1.165) is 13.0 Å². The molecule has 1 aliphatic rings. The van der Waals surface area contributed by atoms with Crippen LogP contribution >= 0.6 is 0 Å². The lowest BCUT2D eigenvalue weighted by molar-refractivity contribution is 0.0228. The second-order valence-electron chi connectivity index (χ2n) is 5.36. The monoisotopic (exact) mass is 214 g/mol. The zero-order chi connectivity index (χ0) is 11.6. The molecule has 2 atom stereocenters. The summed E-state index contributed by atoms with van der Waals surface area (Å²) < 4.78 is 5.33. The van der Waals surface area contributed by atoms with Crippen LogP contribution in [-0.4, -0.2) is 35.7 Å². The molecule has 0 saturated carbocycles. The van der Waals surface area contributed by atoms with Gasteiger partial charge in [0.1, 0.15) is 5.60 Å². The number of hydrogen-bond acceptors (Lipinski definition) is 3. The Kier molecular flexibility index (Phi) is 3.60. The number of rotatable bonds is 1. The molecule has 0 aromatic rings. The van der Waals surface area contributed by atoms with E-state index in [2.05, 4.69) is 6.92 Å². The molecule has 0 aromatic heterocycles. The Morgan fingerprint density at radius 1 is 1.53 bits per heavy atom. The lowest BCUT2D eigenvalue weighted by Gasteiger charge is -2.27. The first kappa shape index (κ1) is 12.3. The van der Waals surface area contributed by atoms with E-state index >= 15 is 0 Å². The number of amides is 1. The standard InChI is InChI=1S/C11H22N2O2/c1-8-5-9(6-12)13(7-8)10(14)15-11(2,3)4/h8-9H,5-7,12H2,1-4H3/t8-,9+/m1/s1. The van der Waals surface area contributed by atoms with Gasteiger partial charge in [-0.1, -0.05) is 6.92 Å². The Labute approximate surface area is 91.8 Å². The fourth-order valence-corrected chi connectivity index (χ4v) is 1.92. The van der Waals surface area contributed by atoms with Crippen molar-refractivity contribution in [3.8, 4) is 0 Å². The first-order chi connectivity index (χ1) is 6.83. The molecule has 0 aliphatic carbocycles. The van der Waals surface area contributed by atoms with Gasteiger partial charge in [-0.05, 0) is 33.1 Å². The first-order valence-corrected chi connectivity index (χ1v) is 5.53. The van der Waals surface area contributed by atoms with Gasteiger partial charge < -0.3 is 15.4 Å². The molecule has 88 valence electrons. The SMILES string of the molecule is C[C@@H]1C[C@@H](CN)N(C(=O)OC(C)(C)C)C1. The summed E-state index contributed by atoms with van der Waals surface area (Å²) in [7, 11) is 0. The van der Waals surface area contributed by atoms with Gasteiger partial charge in [-0.15, -0.1) is 0 Å². The molecule has 1 aliphatic heterocycles. The van der Waals surface area contributed by atoms with Crippen molar-refractivity contribution in [1.29, 1.82) is 0 Å². The van der Waals surface area contributed by atoms with Crippen molar-refractivity contribution in [3.05, 3.63) is 0 Å². The molecule has 1 saturated heterocycles. The Morgan fingerprint density at radius 2 is 2.13 bits per heavy atom. The van der Waals surface area contributed by atoms with Crippen LogP contribution in [0.5, 0.6) is 0 Å². The smallest absolute Gasteiger partial charge is 0.410 e. The van der Waals surface area contributed by atoms with Gasteiger partial charge >= 0.3 is 6.09 Å². The quantitative estimate of drug-likeness (QED) is 0.721. The molecule has 2 N–H and O–H groups in total. The molecular formula is C11H22N2O2. The maximum atomic E-state index is 11.8. The van der Waals surface area contributed by atoms with E-state index < -0.39 is 5.60 Å². The van der Waals surface area contributed by atoms with E-state index in [4.69, 9.17) is 10.5 Å². The van der Waals surface area contributed by atoms with Crippen LogP contribution in [0.2, 0.25) is 0 Å². The molecule has 1 amide bonds. The zero-order valence-corrected chi connectivity index (χ0v) is 10.1. The molecular weight excluding hydrogens is 192 g/mol. The minimum atomic E-state index is -0.429. The summed E-state index contributed by atoms with van der Waals surface area (Å²) in [5.74, 6) is 0.520. The lowest BCUT2D eigenvalue weighted by atomic mass is 10.1. The van der Waals surface area contributed by atoms with E-state index in [1.54, 1.807) is 4.90 Å². The fraction of sp³-hybridized carbons (Fsp3) is 0.909. The third kappa shape index (κ3) is 3.38. The molecule has 15 heavy (non-hydrogen) atoms. The van der Waals surface area contributed by atoms with Crippen LogP contribution in [0.1, 0.15) is 34.1 Å². The van der Waals surface area contributed by atoms with Crippen molar-refractivity contribution in [2.45, 2.75) is 45.8 Å². The normalized spacial score (nSPS) is 26.9. The minimum Gasteiger partial charge on any atom is -0.444 e. The fourth-order valence-electron chi connectivity index (χ4n) is 1.92. The van der Waals surface area contributed by atoms with Gasteiger partial charge in [-0.3, -0.25) is 0 Å². The Balaban J connectivity index is 2.59. The molecule has 4 heteroatoms. The van der Waals surface area contributed by atoms with Crippen molar-refractivity contribution in [2.24, 2.45) is 11.7 Å². The number of hydrogen-bond donors (Lipinski definition) is 1. The van der Waals surface area contributed by atoms with E-state index in [9.17, 15) is 4.79 Å². The average Bonchev–Trinajstić information content (AvgIpc) is 2.43. The predicted molar refractivity (Wildman–Crippen MR) is 59.6 cm³/mol. The van der Waals surface area contributed by atoms with Crippen molar-refractivity contribution in [3.63, 3.8) is 0 Å². The molecule has 4 nitrogen and oxygen atoms in total. The number of nitrogens with two attached hydrogens (primary N) is 1. The second-order valence-corrected chi connectivity index (χ2v) is 5.36. The van der Waals surface area contributed by atoms with Gasteiger partial charge in [-0.2, -0.15) is 0 Å². The Morgan fingerprint density at radius 3 is 2.60 bits per heavy atom. The summed E-state index contributed by atoms with van der Waals surface area (Å²) in [6.07, 6.45) is 0.748. The molecule has 0 unspecified atom stereocenters. The molecule has 0 bridgehead atoms. The number of likely N-dealkylation sites (tertiary alicyclic amines) is 1. The van der Waals surface area contributed by atoms with Gasteiger partial charge in [0.25, 0.3) is 0 Å². The third-order valence-corrected chi connectivity index (χ3v) is 2.52. The molecule has 0 radical (unpaired) electrons. The molecule has 1 fully saturated rings. The Bertz CT molecular complexity index is 235. The summed E-state index contributed by atoms with van der Waals surface area (Å²) in [4.78, 5) is 13.6. The van der Waals surface area contributed by atoms with Crippen molar-refractivity contribution in [2.75, 3.05) is 13.1 Å². The van der Waals surface area contributed by atoms with E-state index in [1.807, 2.05) is 20.8 Å². The van der Waals surface area contributed by atoms with Crippen LogP contribution in [-0.2, 0) is 4.74 Å².